The van der Waals surface area contributed by atoms with Crippen molar-refractivity contribution in [3.63, 3.8) is 0 Å². The number of aromatic amines is 1. The summed E-state index contributed by atoms with van der Waals surface area (Å²) in [7, 11) is -3.62. The van der Waals surface area contributed by atoms with Gasteiger partial charge in [-0.2, -0.15) is 5.10 Å². The topological polar surface area (TPSA) is 95.2 Å². The van der Waals surface area contributed by atoms with Crippen molar-refractivity contribution in [3.8, 4) is 11.3 Å². The van der Waals surface area contributed by atoms with Gasteiger partial charge in [0.25, 0.3) is 0 Å². The quantitative estimate of drug-likeness (QED) is 0.639. The number of nitrogens with zero attached hydrogens (tertiary/aromatic N) is 2. The summed E-state index contributed by atoms with van der Waals surface area (Å²) < 4.78 is 25.6. The Bertz CT molecular complexity index is 1030. The fraction of sp³-hybridized carbons (Fsp3) is 0.200. The third-order valence-electron chi connectivity index (χ3n) is 4.25. The van der Waals surface area contributed by atoms with Crippen LogP contribution < -0.4 is 9.62 Å². The van der Waals surface area contributed by atoms with E-state index in [0.717, 1.165) is 27.5 Å². The molecule has 1 heterocycles. The summed E-state index contributed by atoms with van der Waals surface area (Å²) in [5.41, 5.74) is 2.92. The molecule has 0 saturated heterocycles. The van der Waals surface area contributed by atoms with Gasteiger partial charge in [0.05, 0.1) is 29.9 Å². The van der Waals surface area contributed by atoms with Crippen molar-refractivity contribution in [3.05, 3.63) is 72.4 Å². The molecule has 3 aromatic rings. The number of H-pyrrole nitrogens is 1. The first kappa shape index (κ1) is 19.6. The molecule has 2 N–H and O–H groups in total. The van der Waals surface area contributed by atoms with Gasteiger partial charge in [-0.15, -0.1) is 0 Å². The van der Waals surface area contributed by atoms with Crippen LogP contribution in [0.5, 0.6) is 0 Å². The molecule has 1 amide bonds. The molecule has 0 spiro atoms. The number of anilines is 1. The molecule has 0 saturated carbocycles. The van der Waals surface area contributed by atoms with E-state index in [0.29, 0.717) is 5.69 Å². The van der Waals surface area contributed by atoms with Crippen LogP contribution in [0.4, 0.5) is 5.69 Å². The number of aromatic nitrogens is 2. The minimum absolute atomic E-state index is 0.218. The minimum Gasteiger partial charge on any atom is -0.349 e. The summed E-state index contributed by atoms with van der Waals surface area (Å²) >= 11 is 0. The van der Waals surface area contributed by atoms with Gasteiger partial charge in [-0.3, -0.25) is 14.2 Å². The lowest BCUT2D eigenvalue weighted by molar-refractivity contribution is -0.122. The highest BCUT2D eigenvalue weighted by Crippen LogP contribution is 2.20. The van der Waals surface area contributed by atoms with Crippen LogP contribution in [-0.4, -0.2) is 36.8 Å². The average Bonchev–Trinajstić information content (AvgIpc) is 3.15. The highest BCUT2D eigenvalue weighted by Gasteiger charge is 2.28. The Hall–Kier alpha value is -3.13. The fourth-order valence-electron chi connectivity index (χ4n) is 2.92. The number of amides is 1. The van der Waals surface area contributed by atoms with Gasteiger partial charge in [-0.05, 0) is 25.1 Å². The Balaban J connectivity index is 1.69. The van der Waals surface area contributed by atoms with E-state index in [9.17, 15) is 13.2 Å². The molecule has 0 fully saturated rings. The minimum atomic E-state index is -3.62. The Labute approximate surface area is 164 Å². The molecule has 2 aromatic carbocycles. The average molecular weight is 398 g/mol. The van der Waals surface area contributed by atoms with Crippen LogP contribution in [0.15, 0.2) is 66.7 Å². The maximum atomic E-state index is 12.6. The lowest BCUT2D eigenvalue weighted by atomic mass is 10.1. The Kier molecular flexibility index (Phi) is 5.79. The molecule has 7 nitrogen and oxygen atoms in total. The smallest absolute Gasteiger partial charge is 0.243 e. The van der Waals surface area contributed by atoms with Gasteiger partial charge >= 0.3 is 0 Å². The first-order valence-electron chi connectivity index (χ1n) is 8.78. The van der Waals surface area contributed by atoms with Gasteiger partial charge in [0.2, 0.25) is 15.9 Å². The first-order valence-corrected chi connectivity index (χ1v) is 10.6. The lowest BCUT2D eigenvalue weighted by Gasteiger charge is -2.28. The summed E-state index contributed by atoms with van der Waals surface area (Å²) in [6, 6.07) is 19.2. The monoisotopic (exact) mass is 398 g/mol. The molecule has 1 atom stereocenters. The molecule has 0 aliphatic carbocycles. The van der Waals surface area contributed by atoms with Gasteiger partial charge in [0.15, 0.2) is 0 Å². The summed E-state index contributed by atoms with van der Waals surface area (Å²) in [5, 5.41) is 9.91. The van der Waals surface area contributed by atoms with E-state index >= 15 is 0 Å². The molecule has 1 unspecified atom stereocenters. The molecule has 8 heteroatoms. The van der Waals surface area contributed by atoms with E-state index in [1.165, 1.54) is 0 Å². The van der Waals surface area contributed by atoms with Gasteiger partial charge in [0, 0.05) is 5.56 Å². The summed E-state index contributed by atoms with van der Waals surface area (Å²) in [5.74, 6) is -0.398. The van der Waals surface area contributed by atoms with Gasteiger partial charge < -0.3 is 5.32 Å². The lowest BCUT2D eigenvalue weighted by Crippen LogP contribution is -2.47. The Morgan fingerprint density at radius 1 is 1.11 bits per heavy atom. The maximum Gasteiger partial charge on any atom is 0.243 e. The van der Waals surface area contributed by atoms with Crippen LogP contribution in [0, 0.1) is 0 Å². The van der Waals surface area contributed by atoms with Crippen LogP contribution >= 0.6 is 0 Å². The normalized spacial score (nSPS) is 12.4. The Morgan fingerprint density at radius 3 is 2.32 bits per heavy atom. The van der Waals surface area contributed by atoms with Crippen LogP contribution in [0.2, 0.25) is 0 Å². The highest BCUT2D eigenvalue weighted by molar-refractivity contribution is 7.92. The number of para-hydroxylation sites is 1. The molecule has 1 aromatic heterocycles. The van der Waals surface area contributed by atoms with Gasteiger partial charge in [-0.1, -0.05) is 48.5 Å². The van der Waals surface area contributed by atoms with E-state index in [1.54, 1.807) is 37.3 Å². The first-order chi connectivity index (χ1) is 13.4. The summed E-state index contributed by atoms with van der Waals surface area (Å²) in [6.07, 6.45) is 1.09. The zero-order chi connectivity index (χ0) is 20.1. The standard InChI is InChI=1S/C20H22N4O3S/c1-15(24(28(2,26)27)18-11-7-4-8-12-18)20(25)21-14-17-13-19(23-22-17)16-9-5-3-6-10-16/h3-13,15H,14H2,1-2H3,(H,21,25)(H,22,23). The van der Waals surface area contributed by atoms with E-state index in [-0.39, 0.29) is 6.54 Å². The predicted molar refractivity (Wildman–Crippen MR) is 109 cm³/mol. The van der Waals surface area contributed by atoms with Crippen molar-refractivity contribution in [2.45, 2.75) is 19.5 Å². The maximum absolute atomic E-state index is 12.6. The van der Waals surface area contributed by atoms with Crippen molar-refractivity contribution in [2.75, 3.05) is 10.6 Å². The highest BCUT2D eigenvalue weighted by atomic mass is 32.2. The van der Waals surface area contributed by atoms with Gasteiger partial charge in [-0.25, -0.2) is 8.42 Å². The number of hydrogen-bond acceptors (Lipinski definition) is 4. The van der Waals surface area contributed by atoms with Crippen LogP contribution in [-0.2, 0) is 21.4 Å². The van der Waals surface area contributed by atoms with Crippen molar-refractivity contribution < 1.29 is 13.2 Å². The third-order valence-corrected chi connectivity index (χ3v) is 5.49. The largest absolute Gasteiger partial charge is 0.349 e. The number of rotatable bonds is 7. The fourth-order valence-corrected chi connectivity index (χ4v) is 4.10. The second-order valence-corrected chi connectivity index (χ2v) is 8.29. The molecule has 0 aliphatic heterocycles. The van der Waals surface area contributed by atoms with E-state index in [2.05, 4.69) is 15.5 Å². The summed E-state index contributed by atoms with van der Waals surface area (Å²) in [6.45, 7) is 1.78. The second-order valence-electron chi connectivity index (χ2n) is 6.43. The molecule has 3 rings (SSSR count). The van der Waals surface area contributed by atoms with Gasteiger partial charge in [0.1, 0.15) is 6.04 Å². The molecule has 0 aliphatic rings. The Morgan fingerprint density at radius 2 is 1.71 bits per heavy atom. The SMILES string of the molecule is CC(C(=O)NCc1cc(-c2ccccc2)n[nH]1)N(c1ccccc1)S(C)(=O)=O. The zero-order valence-corrected chi connectivity index (χ0v) is 16.5. The number of carbonyl (C=O) groups is 1. The number of carbonyl (C=O) groups excluding carboxylic acids is 1. The van der Waals surface area contributed by atoms with Crippen LogP contribution in [0.25, 0.3) is 11.3 Å². The van der Waals surface area contributed by atoms with Crippen molar-refractivity contribution in [2.24, 2.45) is 0 Å². The van der Waals surface area contributed by atoms with Crippen molar-refractivity contribution >= 4 is 21.6 Å². The van der Waals surface area contributed by atoms with E-state index in [4.69, 9.17) is 0 Å². The molecule has 28 heavy (non-hydrogen) atoms. The van der Waals surface area contributed by atoms with Crippen LogP contribution in [0.1, 0.15) is 12.6 Å². The van der Waals surface area contributed by atoms with E-state index < -0.39 is 22.0 Å². The summed E-state index contributed by atoms with van der Waals surface area (Å²) in [4.78, 5) is 12.6. The zero-order valence-electron chi connectivity index (χ0n) is 15.7. The number of benzene rings is 2. The van der Waals surface area contributed by atoms with E-state index in [1.807, 2.05) is 36.4 Å². The second kappa shape index (κ2) is 8.26. The molecular formula is C20H22N4O3S. The third kappa shape index (κ3) is 4.58. The predicted octanol–water partition coefficient (Wildman–Crippen LogP) is 2.55. The molecular weight excluding hydrogens is 376 g/mol. The van der Waals surface area contributed by atoms with Crippen LogP contribution in [0.3, 0.4) is 0 Å². The molecule has 146 valence electrons. The molecule has 0 bridgehead atoms. The number of nitrogens with one attached hydrogen (secondary N) is 2. The molecule has 0 radical (unpaired) electrons. The number of sulfonamides is 1. The van der Waals surface area contributed by atoms with Crippen molar-refractivity contribution in [1.29, 1.82) is 0 Å². The van der Waals surface area contributed by atoms with Crippen molar-refractivity contribution in [1.82, 2.24) is 15.5 Å². The number of hydrogen-bond donors (Lipinski definition) is 2.